The van der Waals surface area contributed by atoms with Crippen LogP contribution in [0, 0.1) is 0 Å². The van der Waals surface area contributed by atoms with Crippen LogP contribution in [0.25, 0.3) is 0 Å². The van der Waals surface area contributed by atoms with Crippen LogP contribution in [0.4, 0.5) is 0 Å². The Kier molecular flexibility index (Phi) is 72.7. The Bertz CT molecular complexity index is 6.00. The molecule has 0 unspecified atom stereocenters. The molecule has 0 aromatic rings. The zero-order valence-corrected chi connectivity index (χ0v) is 8.34. The summed E-state index contributed by atoms with van der Waals surface area (Å²) in [5.74, 6) is 0. The molecule has 0 aromatic heterocycles. The van der Waals surface area contributed by atoms with E-state index in [1.807, 2.05) is 0 Å². The van der Waals surface area contributed by atoms with Gasteiger partial charge in [-0.1, -0.05) is 0 Å². The zero-order valence-electron chi connectivity index (χ0n) is 3.45. The molecule has 0 rings (SSSR count). The molecule has 0 spiro atoms. The molecule has 4 heavy (non-hydrogen) atoms. The summed E-state index contributed by atoms with van der Waals surface area (Å²) in [4.78, 5) is 0. The maximum atomic E-state index is 3.53. The summed E-state index contributed by atoms with van der Waals surface area (Å²) in [6, 6.07) is 0. The average molecular weight is 92.0 g/mol. The molecule has 0 saturated carbocycles. The van der Waals surface area contributed by atoms with Gasteiger partial charge in [0, 0.05) is 0 Å². The Balaban J connectivity index is -0.00000000500. The van der Waals surface area contributed by atoms with Gasteiger partial charge in [0.2, 0.25) is 0 Å². The van der Waals surface area contributed by atoms with Crippen LogP contribution < -0.4 is 59.1 Å². The molecule has 0 radical (unpaired) electrons. The van der Waals surface area contributed by atoms with E-state index in [9.17, 15) is 0 Å². The van der Waals surface area contributed by atoms with Crippen molar-refractivity contribution in [3.8, 4) is 0 Å². The van der Waals surface area contributed by atoms with Crippen LogP contribution in [0.5, 0.6) is 0 Å². The van der Waals surface area contributed by atoms with E-state index in [4.69, 9.17) is 0 Å². The molecule has 0 aliphatic carbocycles. The maximum Gasteiger partial charge on any atom is 1.00 e. The summed E-state index contributed by atoms with van der Waals surface area (Å²) in [5.41, 5.74) is 0. The Morgan fingerprint density at radius 1 is 1.00 bits per heavy atom. The van der Waals surface area contributed by atoms with Crippen molar-refractivity contribution < 1.29 is 59.1 Å². The van der Waals surface area contributed by atoms with Gasteiger partial charge in [0.05, 0.1) is 0 Å². The summed E-state index contributed by atoms with van der Waals surface area (Å²) < 4.78 is 0. The monoisotopic (exact) mass is 92.0 g/mol. The Morgan fingerprint density at radius 3 is 1.00 bits per heavy atom. The molecular weight excluding hydrogens is 89.0 g/mol. The van der Waals surface area contributed by atoms with Crippen molar-refractivity contribution in [3.05, 3.63) is 0 Å². The molecular formula is CH3Na2P. The third-order valence-electron chi connectivity index (χ3n) is 0. The van der Waals surface area contributed by atoms with E-state index < -0.39 is 0 Å². The van der Waals surface area contributed by atoms with Crippen molar-refractivity contribution in [2.45, 2.75) is 0 Å². The fourth-order valence-corrected chi connectivity index (χ4v) is 0. The van der Waals surface area contributed by atoms with Crippen molar-refractivity contribution in [3.63, 3.8) is 0 Å². The van der Waals surface area contributed by atoms with Gasteiger partial charge in [-0.2, -0.15) is 0 Å². The molecule has 0 bridgehead atoms. The average Bonchev–Trinajstić information content (AvgIpc) is 1.00. The van der Waals surface area contributed by atoms with Crippen molar-refractivity contribution >= 4 is 9.24 Å². The van der Waals surface area contributed by atoms with E-state index in [0.29, 0.717) is 0 Å². The van der Waals surface area contributed by atoms with Crippen molar-refractivity contribution in [2.75, 3.05) is 6.66 Å². The first-order valence-corrected chi connectivity index (χ1v) is 1.34. The van der Waals surface area contributed by atoms with Crippen LogP contribution in [0.1, 0.15) is 0 Å². The first kappa shape index (κ1) is 16.1. The SMILES string of the molecule is C[P-2].[Na+].[Na+]. The van der Waals surface area contributed by atoms with Crippen molar-refractivity contribution in [2.24, 2.45) is 0 Å². The van der Waals surface area contributed by atoms with E-state index in [0.717, 1.165) is 0 Å². The van der Waals surface area contributed by atoms with Gasteiger partial charge in [-0.25, -0.2) is 0 Å². The van der Waals surface area contributed by atoms with Gasteiger partial charge in [-0.15, -0.1) is 0 Å². The second-order valence-corrected chi connectivity index (χ2v) is 0. The molecule has 0 fully saturated rings. The van der Waals surface area contributed by atoms with E-state index in [1.54, 1.807) is 6.66 Å². The quantitative estimate of drug-likeness (QED) is 0.207. The van der Waals surface area contributed by atoms with Crippen LogP contribution in [-0.2, 0) is 0 Å². The largest absolute Gasteiger partial charge is 1.49 e. The van der Waals surface area contributed by atoms with E-state index in [2.05, 4.69) is 9.24 Å². The smallest absolute Gasteiger partial charge is 1.00 e. The van der Waals surface area contributed by atoms with Gasteiger partial charge in [0.1, 0.15) is 0 Å². The summed E-state index contributed by atoms with van der Waals surface area (Å²) in [7, 11) is 3.53. The van der Waals surface area contributed by atoms with Crippen LogP contribution in [0.15, 0.2) is 0 Å². The zero-order chi connectivity index (χ0) is 2.00. The molecule has 0 aliphatic heterocycles. The number of rotatable bonds is 0. The molecule has 0 saturated heterocycles. The normalized spacial score (nSPS) is 1.50. The summed E-state index contributed by atoms with van der Waals surface area (Å²) >= 11 is 0. The first-order valence-electron chi connectivity index (χ1n) is 0.447. The van der Waals surface area contributed by atoms with E-state index >= 15 is 0 Å². The van der Waals surface area contributed by atoms with Gasteiger partial charge in [-0.05, 0) is 0 Å². The maximum absolute atomic E-state index is 3.53. The number of hydrogen-bond donors (Lipinski definition) is 0. The van der Waals surface area contributed by atoms with Crippen molar-refractivity contribution in [1.29, 1.82) is 0 Å². The summed E-state index contributed by atoms with van der Waals surface area (Å²) in [6.45, 7) is 1.69. The topological polar surface area (TPSA) is 0 Å². The Hall–Kier alpha value is 2.43. The fraction of sp³-hybridized carbons (Fsp3) is 1.00. The predicted octanol–water partition coefficient (Wildman–Crippen LogP) is -4.97. The summed E-state index contributed by atoms with van der Waals surface area (Å²) in [5, 5.41) is 0. The second-order valence-electron chi connectivity index (χ2n) is 0. The molecule has 0 amide bonds. The van der Waals surface area contributed by atoms with Gasteiger partial charge in [0.15, 0.2) is 0 Å². The minimum Gasteiger partial charge on any atom is -1.49 e. The van der Waals surface area contributed by atoms with Gasteiger partial charge in [-0.3, -0.25) is 0 Å². The molecule has 0 heterocycles. The second kappa shape index (κ2) is 18.0. The van der Waals surface area contributed by atoms with Crippen LogP contribution in [-0.4, -0.2) is 6.66 Å². The standard InChI is InChI=1S/CH3P.2Na/c1-2;;/h1H3;;/q-2;2*+1. The van der Waals surface area contributed by atoms with E-state index in [-0.39, 0.29) is 59.1 Å². The van der Waals surface area contributed by atoms with E-state index in [1.165, 1.54) is 0 Å². The first-order chi connectivity index (χ1) is 1.00. The molecule has 0 N–H and O–H groups in total. The minimum atomic E-state index is 0. The Morgan fingerprint density at radius 2 is 1.00 bits per heavy atom. The van der Waals surface area contributed by atoms with Gasteiger partial charge in [0.25, 0.3) is 0 Å². The molecule has 0 nitrogen and oxygen atoms in total. The number of hydrogen-bond acceptors (Lipinski definition) is 0. The minimum absolute atomic E-state index is 0. The summed E-state index contributed by atoms with van der Waals surface area (Å²) in [6.07, 6.45) is 0. The van der Waals surface area contributed by atoms with Crippen LogP contribution in [0.3, 0.4) is 0 Å². The fourth-order valence-electron chi connectivity index (χ4n) is 0. The predicted molar refractivity (Wildman–Crippen MR) is 12.8 cm³/mol. The third kappa shape index (κ3) is 8.83. The molecule has 0 aliphatic rings. The van der Waals surface area contributed by atoms with Crippen molar-refractivity contribution in [1.82, 2.24) is 0 Å². The molecule has 14 valence electrons. The van der Waals surface area contributed by atoms with Crippen LogP contribution in [0.2, 0.25) is 0 Å². The van der Waals surface area contributed by atoms with Crippen LogP contribution >= 0.6 is 9.24 Å². The third-order valence-corrected chi connectivity index (χ3v) is 0. The molecule has 0 atom stereocenters. The molecule has 0 aromatic carbocycles. The Labute approximate surface area is 73.9 Å². The van der Waals surface area contributed by atoms with Gasteiger partial charge < -0.3 is 15.9 Å². The molecule has 3 heteroatoms. The van der Waals surface area contributed by atoms with Gasteiger partial charge >= 0.3 is 59.1 Å².